The molecular weight excluding hydrogens is 432 g/mol. The first kappa shape index (κ1) is 25.0. The quantitative estimate of drug-likeness (QED) is 0.216. The van der Waals surface area contributed by atoms with Crippen LogP contribution in [-0.2, 0) is 23.7 Å². The van der Waals surface area contributed by atoms with Gasteiger partial charge in [0, 0.05) is 13.2 Å². The minimum atomic E-state index is -0.371. The maximum Gasteiger partial charge on any atom is 0.331 e. The number of esters is 1. The first-order valence-corrected chi connectivity index (χ1v) is 12.3. The summed E-state index contributed by atoms with van der Waals surface area (Å²) in [7, 11) is 1.69. The van der Waals surface area contributed by atoms with Crippen LogP contribution in [0.5, 0.6) is 5.75 Å². The molecule has 3 fully saturated rings. The fourth-order valence-electron chi connectivity index (χ4n) is 5.35. The first-order valence-electron chi connectivity index (χ1n) is 12.3. The van der Waals surface area contributed by atoms with Gasteiger partial charge in [-0.05, 0) is 77.7 Å². The molecule has 0 aromatic heterocycles. The lowest BCUT2D eigenvalue weighted by Gasteiger charge is -2.42. The van der Waals surface area contributed by atoms with Crippen molar-refractivity contribution >= 4 is 12.0 Å². The van der Waals surface area contributed by atoms with E-state index in [0.717, 1.165) is 24.2 Å². The summed E-state index contributed by atoms with van der Waals surface area (Å²) in [5.41, 5.74) is 1.62. The summed E-state index contributed by atoms with van der Waals surface area (Å²) in [6, 6.07) is 7.63. The molecule has 1 aromatic carbocycles. The molecule has 0 amide bonds. The number of hydrogen-bond donors (Lipinski definition) is 0. The Kier molecular flexibility index (Phi) is 7.22. The van der Waals surface area contributed by atoms with Gasteiger partial charge in [0.15, 0.2) is 0 Å². The maximum absolute atomic E-state index is 12.7. The molecule has 34 heavy (non-hydrogen) atoms. The third kappa shape index (κ3) is 5.40. The lowest BCUT2D eigenvalue weighted by atomic mass is 9.68. The van der Waals surface area contributed by atoms with E-state index in [4.69, 9.17) is 23.7 Å². The van der Waals surface area contributed by atoms with Crippen molar-refractivity contribution in [3.63, 3.8) is 0 Å². The van der Waals surface area contributed by atoms with E-state index < -0.39 is 0 Å². The summed E-state index contributed by atoms with van der Waals surface area (Å²) in [5.74, 6) is 0.453. The number of benzene rings is 1. The Morgan fingerprint density at radius 3 is 2.53 bits per heavy atom. The number of hydrogen-bond acceptors (Lipinski definition) is 6. The van der Waals surface area contributed by atoms with Crippen LogP contribution < -0.4 is 4.74 Å². The summed E-state index contributed by atoms with van der Waals surface area (Å²) in [4.78, 5) is 12.7. The van der Waals surface area contributed by atoms with Gasteiger partial charge in [0.25, 0.3) is 0 Å². The van der Waals surface area contributed by atoms with Gasteiger partial charge in [-0.1, -0.05) is 23.8 Å². The van der Waals surface area contributed by atoms with Crippen molar-refractivity contribution in [2.45, 2.75) is 89.5 Å². The molecule has 186 valence electrons. The van der Waals surface area contributed by atoms with Gasteiger partial charge in [0.1, 0.15) is 29.2 Å². The monoisotopic (exact) mass is 470 g/mol. The number of carbonyl (C=O) groups excluding carboxylic acids is 1. The standard InChI is InChI=1S/C28H38O6/c1-18(2)7-13-23-27(5,34-23)26-25(30-6)22(15-16-28(26)17-31-28)33-24(29)14-10-20-8-11-21(12-9-20)32-19(3)4/h7-12,14,19,22-23,25-26H,13,15-17H2,1-6H3/b14-10+/t22-,23+,25-,26?,27-,28+/m1/s1. The van der Waals surface area contributed by atoms with E-state index in [-0.39, 0.29) is 47.5 Å². The molecule has 0 bridgehead atoms. The first-order chi connectivity index (χ1) is 16.2. The van der Waals surface area contributed by atoms with E-state index in [1.165, 1.54) is 11.6 Å². The second-order valence-electron chi connectivity index (χ2n) is 10.4. The second kappa shape index (κ2) is 9.84. The molecule has 1 unspecified atom stereocenters. The van der Waals surface area contributed by atoms with Crippen molar-refractivity contribution in [1.82, 2.24) is 0 Å². The van der Waals surface area contributed by atoms with E-state index in [0.29, 0.717) is 13.0 Å². The fourth-order valence-corrected chi connectivity index (χ4v) is 5.35. The van der Waals surface area contributed by atoms with Crippen LogP contribution in [0.4, 0.5) is 0 Å². The highest BCUT2D eigenvalue weighted by molar-refractivity contribution is 5.87. The second-order valence-corrected chi connectivity index (χ2v) is 10.4. The Morgan fingerprint density at radius 1 is 1.24 bits per heavy atom. The fraction of sp³-hybridized carbons (Fsp3) is 0.607. The van der Waals surface area contributed by atoms with Crippen LogP contribution in [0, 0.1) is 5.92 Å². The molecule has 6 heteroatoms. The van der Waals surface area contributed by atoms with Gasteiger partial charge in [-0.2, -0.15) is 0 Å². The van der Waals surface area contributed by atoms with Gasteiger partial charge in [-0.15, -0.1) is 0 Å². The predicted octanol–water partition coefficient (Wildman–Crippen LogP) is 5.11. The van der Waals surface area contributed by atoms with Crippen LogP contribution in [0.15, 0.2) is 42.0 Å². The van der Waals surface area contributed by atoms with Crippen LogP contribution in [0.2, 0.25) is 0 Å². The normalized spacial score (nSPS) is 34.3. The lowest BCUT2D eigenvalue weighted by Crippen LogP contribution is -2.55. The molecule has 2 saturated heterocycles. The number of rotatable bonds is 9. The van der Waals surface area contributed by atoms with Gasteiger partial charge in [-0.3, -0.25) is 0 Å². The molecule has 2 aliphatic heterocycles. The molecule has 0 N–H and O–H groups in total. The zero-order valence-electron chi connectivity index (χ0n) is 21.2. The summed E-state index contributed by atoms with van der Waals surface area (Å²) in [5, 5.41) is 0. The van der Waals surface area contributed by atoms with Crippen molar-refractivity contribution < 1.29 is 28.5 Å². The van der Waals surface area contributed by atoms with Crippen LogP contribution in [-0.4, -0.2) is 55.3 Å². The number of carbonyl (C=O) groups is 1. The highest BCUT2D eigenvalue weighted by Gasteiger charge is 2.72. The van der Waals surface area contributed by atoms with Gasteiger partial charge >= 0.3 is 5.97 Å². The van der Waals surface area contributed by atoms with E-state index in [2.05, 4.69) is 26.8 Å². The molecule has 6 nitrogen and oxygen atoms in total. The largest absolute Gasteiger partial charge is 0.491 e. The third-order valence-electron chi connectivity index (χ3n) is 7.17. The smallest absolute Gasteiger partial charge is 0.331 e. The Morgan fingerprint density at radius 2 is 1.94 bits per heavy atom. The summed E-state index contributed by atoms with van der Waals surface area (Å²) in [6.45, 7) is 11.0. The molecule has 1 aromatic rings. The van der Waals surface area contributed by atoms with Gasteiger partial charge in [0.05, 0.1) is 24.7 Å². The summed E-state index contributed by atoms with van der Waals surface area (Å²) >= 11 is 0. The number of epoxide rings is 2. The van der Waals surface area contributed by atoms with Crippen LogP contribution in [0.25, 0.3) is 6.08 Å². The minimum absolute atomic E-state index is 0.0181. The third-order valence-corrected chi connectivity index (χ3v) is 7.17. The van der Waals surface area contributed by atoms with E-state index >= 15 is 0 Å². The molecule has 4 rings (SSSR count). The van der Waals surface area contributed by atoms with Gasteiger partial charge in [-0.25, -0.2) is 4.79 Å². The summed E-state index contributed by atoms with van der Waals surface area (Å²) in [6.07, 6.45) is 7.51. The average Bonchev–Trinajstić information content (AvgIpc) is 3.70. The van der Waals surface area contributed by atoms with Crippen LogP contribution >= 0.6 is 0 Å². The zero-order chi connectivity index (χ0) is 24.5. The lowest BCUT2D eigenvalue weighted by molar-refractivity contribution is -0.166. The highest BCUT2D eigenvalue weighted by atomic mass is 16.6. The van der Waals surface area contributed by atoms with E-state index in [9.17, 15) is 4.79 Å². The number of methoxy groups -OCH3 is 1. The van der Waals surface area contributed by atoms with Crippen molar-refractivity contribution in [2.75, 3.05) is 13.7 Å². The summed E-state index contributed by atoms with van der Waals surface area (Å²) < 4.78 is 29.7. The van der Waals surface area contributed by atoms with E-state index in [1.54, 1.807) is 13.2 Å². The highest BCUT2D eigenvalue weighted by Crippen LogP contribution is 2.59. The molecule has 2 heterocycles. The van der Waals surface area contributed by atoms with Gasteiger partial charge in [0.2, 0.25) is 0 Å². The maximum atomic E-state index is 12.7. The van der Waals surface area contributed by atoms with Gasteiger partial charge < -0.3 is 23.7 Å². The molecule has 1 aliphatic carbocycles. The van der Waals surface area contributed by atoms with Crippen LogP contribution in [0.1, 0.15) is 59.4 Å². The Bertz CT molecular complexity index is 925. The predicted molar refractivity (Wildman–Crippen MR) is 131 cm³/mol. The molecular formula is C28H38O6. The van der Waals surface area contributed by atoms with Crippen molar-refractivity contribution in [1.29, 1.82) is 0 Å². The van der Waals surface area contributed by atoms with Crippen molar-refractivity contribution in [3.05, 3.63) is 47.6 Å². The van der Waals surface area contributed by atoms with Crippen molar-refractivity contribution in [3.8, 4) is 5.75 Å². The SMILES string of the molecule is CO[C@H]1C([C@]2(C)O[C@H]2CC=C(C)C)[C@]2(CC[C@H]1OC(=O)/C=C/c1ccc(OC(C)C)cc1)CO2. The molecule has 0 radical (unpaired) electrons. The van der Waals surface area contributed by atoms with E-state index in [1.807, 2.05) is 38.1 Å². The average molecular weight is 471 g/mol. The Balaban J connectivity index is 1.40. The van der Waals surface area contributed by atoms with Crippen LogP contribution in [0.3, 0.4) is 0 Å². The zero-order valence-corrected chi connectivity index (χ0v) is 21.2. The molecule has 3 aliphatic rings. The van der Waals surface area contributed by atoms with Crippen molar-refractivity contribution in [2.24, 2.45) is 5.92 Å². The minimum Gasteiger partial charge on any atom is -0.491 e. The number of allylic oxidation sites excluding steroid dienone is 1. The Hall–Kier alpha value is -2.15. The topological polar surface area (TPSA) is 69.8 Å². The molecule has 1 saturated carbocycles. The number of ether oxygens (including phenoxy) is 5. The Labute approximate surface area is 203 Å². The molecule has 6 atom stereocenters. The molecule has 1 spiro atoms.